The molecule has 0 aliphatic carbocycles. The van der Waals surface area contributed by atoms with Gasteiger partial charge in [-0.3, -0.25) is 4.79 Å². The van der Waals surface area contributed by atoms with E-state index in [-0.39, 0.29) is 11.4 Å². The van der Waals surface area contributed by atoms with E-state index < -0.39 is 0 Å². The van der Waals surface area contributed by atoms with Crippen LogP contribution < -0.4 is 10.2 Å². The zero-order valence-electron chi connectivity index (χ0n) is 17.2. The highest BCUT2D eigenvalue weighted by Crippen LogP contribution is 2.33. The Morgan fingerprint density at radius 2 is 1.90 bits per heavy atom. The van der Waals surface area contributed by atoms with Crippen LogP contribution in [0, 0.1) is 0 Å². The van der Waals surface area contributed by atoms with E-state index in [9.17, 15) is 4.79 Å². The van der Waals surface area contributed by atoms with Gasteiger partial charge in [-0.1, -0.05) is 34.1 Å². The number of benzene rings is 1. The molecule has 30 heavy (non-hydrogen) atoms. The Morgan fingerprint density at radius 1 is 1.10 bits per heavy atom. The van der Waals surface area contributed by atoms with E-state index in [1.54, 1.807) is 0 Å². The fourth-order valence-corrected chi connectivity index (χ4v) is 4.77. The molecule has 0 unspecified atom stereocenters. The molecule has 2 aliphatic heterocycles. The summed E-state index contributed by atoms with van der Waals surface area (Å²) < 4.78 is 6.69. The number of pyridine rings is 1. The van der Waals surface area contributed by atoms with Crippen LogP contribution in [0.3, 0.4) is 0 Å². The molecule has 0 atom stereocenters. The van der Waals surface area contributed by atoms with Crippen LogP contribution in [0.2, 0.25) is 0 Å². The first kappa shape index (κ1) is 21.3. The van der Waals surface area contributed by atoms with E-state index in [0.29, 0.717) is 13.0 Å². The standard InChI is InChI=1S/C23H29BrN4O2/c24-20-5-3-4-19(18-20)23(8-16-30-17-9-23)26-11-7-22(29)28-14-12-27(13-15-28)21-6-1-2-10-25-21/h1-6,10,18,26H,7-9,11-17H2. The van der Waals surface area contributed by atoms with E-state index in [2.05, 4.69) is 49.3 Å². The lowest BCUT2D eigenvalue weighted by atomic mass is 9.82. The van der Waals surface area contributed by atoms with Gasteiger partial charge in [0.25, 0.3) is 0 Å². The summed E-state index contributed by atoms with van der Waals surface area (Å²) >= 11 is 3.59. The van der Waals surface area contributed by atoms with Gasteiger partial charge in [-0.25, -0.2) is 4.98 Å². The third kappa shape index (κ3) is 5.02. The molecule has 4 rings (SSSR count). The van der Waals surface area contributed by atoms with E-state index in [4.69, 9.17) is 4.74 Å². The number of piperazine rings is 1. The zero-order chi connectivity index (χ0) is 20.8. The second-order valence-electron chi connectivity index (χ2n) is 7.94. The first-order valence-corrected chi connectivity index (χ1v) is 11.5. The zero-order valence-corrected chi connectivity index (χ0v) is 18.8. The van der Waals surface area contributed by atoms with Crippen LogP contribution in [0.4, 0.5) is 5.82 Å². The first-order chi connectivity index (χ1) is 14.7. The van der Waals surface area contributed by atoms with Gasteiger partial charge in [0.1, 0.15) is 5.82 Å². The fourth-order valence-electron chi connectivity index (χ4n) is 4.37. The van der Waals surface area contributed by atoms with Gasteiger partial charge in [-0.2, -0.15) is 0 Å². The van der Waals surface area contributed by atoms with Crippen LogP contribution >= 0.6 is 15.9 Å². The predicted molar refractivity (Wildman–Crippen MR) is 122 cm³/mol. The van der Waals surface area contributed by atoms with Crippen LogP contribution in [0.5, 0.6) is 0 Å². The van der Waals surface area contributed by atoms with E-state index in [1.807, 2.05) is 35.4 Å². The van der Waals surface area contributed by atoms with Crippen molar-refractivity contribution in [3.8, 4) is 0 Å². The van der Waals surface area contributed by atoms with Gasteiger partial charge in [0.05, 0.1) is 0 Å². The van der Waals surface area contributed by atoms with Crippen molar-refractivity contribution in [1.82, 2.24) is 15.2 Å². The highest BCUT2D eigenvalue weighted by atomic mass is 79.9. The summed E-state index contributed by atoms with van der Waals surface area (Å²) in [6.07, 6.45) is 4.16. The fraction of sp³-hybridized carbons (Fsp3) is 0.478. The second-order valence-corrected chi connectivity index (χ2v) is 8.85. The molecule has 2 saturated heterocycles. The van der Waals surface area contributed by atoms with Crippen LogP contribution in [0.1, 0.15) is 24.8 Å². The number of hydrogen-bond donors (Lipinski definition) is 1. The molecule has 0 radical (unpaired) electrons. The second kappa shape index (κ2) is 9.90. The quantitative estimate of drug-likeness (QED) is 0.699. The number of rotatable bonds is 6. The average Bonchev–Trinajstić information content (AvgIpc) is 2.80. The van der Waals surface area contributed by atoms with Gasteiger partial charge < -0.3 is 19.9 Å². The summed E-state index contributed by atoms with van der Waals surface area (Å²) in [7, 11) is 0. The molecular weight excluding hydrogens is 444 g/mol. The third-order valence-corrected chi connectivity index (χ3v) is 6.62. The summed E-state index contributed by atoms with van der Waals surface area (Å²) in [6.45, 7) is 5.31. The van der Waals surface area contributed by atoms with Crippen molar-refractivity contribution in [3.63, 3.8) is 0 Å². The molecule has 0 bridgehead atoms. The summed E-state index contributed by atoms with van der Waals surface area (Å²) in [5, 5.41) is 3.71. The minimum absolute atomic E-state index is 0.125. The van der Waals surface area contributed by atoms with Crippen molar-refractivity contribution in [2.75, 3.05) is 50.8 Å². The lowest BCUT2D eigenvalue weighted by molar-refractivity contribution is -0.131. The topological polar surface area (TPSA) is 57.7 Å². The number of nitrogens with one attached hydrogen (secondary N) is 1. The Morgan fingerprint density at radius 3 is 2.60 bits per heavy atom. The maximum absolute atomic E-state index is 12.8. The summed E-state index contributed by atoms with van der Waals surface area (Å²) in [5.41, 5.74) is 1.14. The van der Waals surface area contributed by atoms with Crippen LogP contribution in [0.25, 0.3) is 0 Å². The number of amides is 1. The van der Waals surface area contributed by atoms with Crippen molar-refractivity contribution in [3.05, 3.63) is 58.7 Å². The average molecular weight is 473 g/mol. The molecule has 6 nitrogen and oxygen atoms in total. The molecule has 0 spiro atoms. The van der Waals surface area contributed by atoms with Crippen LogP contribution in [0.15, 0.2) is 53.1 Å². The Labute approximate surface area is 186 Å². The molecule has 1 amide bonds. The molecule has 1 N–H and O–H groups in total. The van der Waals surface area contributed by atoms with E-state index >= 15 is 0 Å². The largest absolute Gasteiger partial charge is 0.381 e. The molecule has 1 aromatic heterocycles. The number of aromatic nitrogens is 1. The third-order valence-electron chi connectivity index (χ3n) is 6.13. The summed E-state index contributed by atoms with van der Waals surface area (Å²) in [6, 6.07) is 14.4. The Hall–Kier alpha value is -1.96. The number of halogens is 1. The van der Waals surface area contributed by atoms with Gasteiger partial charge in [0.2, 0.25) is 5.91 Å². The molecule has 3 heterocycles. The molecule has 160 valence electrons. The Balaban J connectivity index is 1.30. The normalized spacial score (nSPS) is 19.0. The Bertz CT molecular complexity index is 834. The van der Waals surface area contributed by atoms with Gasteiger partial charge in [0, 0.05) is 68.6 Å². The number of nitrogens with zero attached hydrogens (tertiary/aromatic N) is 3. The molecule has 2 aliphatic rings. The van der Waals surface area contributed by atoms with Gasteiger partial charge >= 0.3 is 0 Å². The molecule has 0 saturated carbocycles. The number of anilines is 1. The molecule has 1 aromatic carbocycles. The van der Waals surface area contributed by atoms with Crippen molar-refractivity contribution < 1.29 is 9.53 Å². The van der Waals surface area contributed by atoms with Gasteiger partial charge in [0.15, 0.2) is 0 Å². The van der Waals surface area contributed by atoms with Crippen LogP contribution in [-0.4, -0.2) is 61.7 Å². The molecule has 2 aromatic rings. The minimum atomic E-state index is -0.125. The number of carbonyl (C=O) groups is 1. The minimum Gasteiger partial charge on any atom is -0.381 e. The van der Waals surface area contributed by atoms with E-state index in [0.717, 1.165) is 62.5 Å². The molecular formula is C23H29BrN4O2. The number of carbonyl (C=O) groups excluding carboxylic acids is 1. The number of hydrogen-bond acceptors (Lipinski definition) is 5. The van der Waals surface area contributed by atoms with Crippen molar-refractivity contribution in [2.24, 2.45) is 0 Å². The highest BCUT2D eigenvalue weighted by molar-refractivity contribution is 9.10. The maximum Gasteiger partial charge on any atom is 0.223 e. The van der Waals surface area contributed by atoms with Crippen molar-refractivity contribution in [1.29, 1.82) is 0 Å². The maximum atomic E-state index is 12.8. The van der Waals surface area contributed by atoms with Gasteiger partial charge in [-0.15, -0.1) is 0 Å². The lowest BCUT2D eigenvalue weighted by Gasteiger charge is -2.39. The molecule has 2 fully saturated rings. The Kier molecular flexibility index (Phi) is 7.02. The van der Waals surface area contributed by atoms with Crippen molar-refractivity contribution >= 4 is 27.7 Å². The van der Waals surface area contributed by atoms with Gasteiger partial charge in [-0.05, 0) is 42.7 Å². The lowest BCUT2D eigenvalue weighted by Crippen LogP contribution is -2.51. The predicted octanol–water partition coefficient (Wildman–Crippen LogP) is 3.18. The smallest absolute Gasteiger partial charge is 0.223 e. The molecule has 7 heteroatoms. The SMILES string of the molecule is O=C(CCNC1(c2cccc(Br)c2)CCOCC1)N1CCN(c2ccccn2)CC1. The monoisotopic (exact) mass is 472 g/mol. The summed E-state index contributed by atoms with van der Waals surface area (Å²) in [4.78, 5) is 21.4. The van der Waals surface area contributed by atoms with Crippen molar-refractivity contribution in [2.45, 2.75) is 24.8 Å². The number of ether oxygens (including phenoxy) is 1. The highest BCUT2D eigenvalue weighted by Gasteiger charge is 2.34. The first-order valence-electron chi connectivity index (χ1n) is 10.7. The summed E-state index contributed by atoms with van der Waals surface area (Å²) in [5.74, 6) is 1.21. The van der Waals surface area contributed by atoms with Crippen LogP contribution in [-0.2, 0) is 15.1 Å². The van der Waals surface area contributed by atoms with E-state index in [1.165, 1.54) is 5.56 Å².